The maximum atomic E-state index is 12.3. The number of hydrogen-bond acceptors (Lipinski definition) is 2. The van der Waals surface area contributed by atoms with Crippen LogP contribution in [0.3, 0.4) is 0 Å². The molecule has 2 fully saturated rings. The predicted molar refractivity (Wildman–Crippen MR) is 74.6 cm³/mol. The number of rotatable bonds is 3. The number of hydrogen-bond donors (Lipinski definition) is 1. The normalized spacial score (nSPS) is 24.1. The Morgan fingerprint density at radius 2 is 2.00 bits per heavy atom. The van der Waals surface area contributed by atoms with Crippen molar-refractivity contribution in [1.82, 2.24) is 10.2 Å². The summed E-state index contributed by atoms with van der Waals surface area (Å²) in [5.74, 6) is 0.828. The van der Waals surface area contributed by atoms with Gasteiger partial charge in [-0.25, -0.2) is 0 Å². The minimum atomic E-state index is -0.693. The molecular weight excluding hydrogens is 240 g/mol. The van der Waals surface area contributed by atoms with Gasteiger partial charge in [-0.1, -0.05) is 32.1 Å². The van der Waals surface area contributed by atoms with Crippen molar-refractivity contribution in [3.63, 3.8) is 0 Å². The van der Waals surface area contributed by atoms with Gasteiger partial charge in [-0.05, 0) is 26.2 Å². The summed E-state index contributed by atoms with van der Waals surface area (Å²) in [6, 6.07) is 0. The van der Waals surface area contributed by atoms with E-state index in [1.807, 2.05) is 13.8 Å². The molecule has 0 atom stereocenters. The molecule has 1 aliphatic carbocycles. The number of amides is 2. The van der Waals surface area contributed by atoms with E-state index in [9.17, 15) is 9.59 Å². The summed E-state index contributed by atoms with van der Waals surface area (Å²) in [6.07, 6.45) is 8.12. The lowest BCUT2D eigenvalue weighted by Gasteiger charge is -2.41. The summed E-state index contributed by atoms with van der Waals surface area (Å²) >= 11 is 0. The summed E-state index contributed by atoms with van der Waals surface area (Å²) in [4.78, 5) is 25.9. The number of nitrogens with one attached hydrogen (secondary N) is 1. The summed E-state index contributed by atoms with van der Waals surface area (Å²) in [6.45, 7) is 4.89. The van der Waals surface area contributed by atoms with Crippen molar-refractivity contribution in [2.75, 3.05) is 13.1 Å². The Morgan fingerprint density at radius 1 is 1.32 bits per heavy atom. The predicted octanol–water partition coefficient (Wildman–Crippen LogP) is 2.08. The molecule has 19 heavy (non-hydrogen) atoms. The largest absolute Gasteiger partial charge is 0.352 e. The first-order chi connectivity index (χ1) is 9.01. The Balaban J connectivity index is 1.86. The Morgan fingerprint density at radius 3 is 2.68 bits per heavy atom. The SMILES string of the molecule is CC1(C)C(=O)NCCN1C(=O)CCC1CCCCC1. The molecule has 0 aromatic heterocycles. The van der Waals surface area contributed by atoms with Crippen LogP contribution in [0.5, 0.6) is 0 Å². The second kappa shape index (κ2) is 5.93. The fourth-order valence-electron chi connectivity index (χ4n) is 3.27. The fraction of sp³-hybridized carbons (Fsp3) is 0.867. The lowest BCUT2D eigenvalue weighted by molar-refractivity contribution is -0.149. The fourth-order valence-corrected chi connectivity index (χ4v) is 3.27. The van der Waals surface area contributed by atoms with Gasteiger partial charge in [-0.3, -0.25) is 9.59 Å². The van der Waals surface area contributed by atoms with Gasteiger partial charge in [0, 0.05) is 19.5 Å². The molecule has 1 N–H and O–H groups in total. The molecule has 0 unspecified atom stereocenters. The second-order valence-corrected chi connectivity index (χ2v) is 6.40. The van der Waals surface area contributed by atoms with Crippen molar-refractivity contribution in [2.45, 2.75) is 64.3 Å². The van der Waals surface area contributed by atoms with Gasteiger partial charge in [0.25, 0.3) is 0 Å². The van der Waals surface area contributed by atoms with Gasteiger partial charge in [-0.15, -0.1) is 0 Å². The van der Waals surface area contributed by atoms with Crippen molar-refractivity contribution >= 4 is 11.8 Å². The zero-order valence-electron chi connectivity index (χ0n) is 12.2. The first kappa shape index (κ1) is 14.4. The molecule has 4 heteroatoms. The smallest absolute Gasteiger partial charge is 0.245 e. The average molecular weight is 266 g/mol. The van der Waals surface area contributed by atoms with E-state index in [2.05, 4.69) is 5.32 Å². The third-order valence-electron chi connectivity index (χ3n) is 4.64. The van der Waals surface area contributed by atoms with Crippen LogP contribution in [0.4, 0.5) is 0 Å². The number of nitrogens with zero attached hydrogens (tertiary/aromatic N) is 1. The van der Waals surface area contributed by atoms with E-state index in [-0.39, 0.29) is 11.8 Å². The van der Waals surface area contributed by atoms with E-state index in [1.54, 1.807) is 4.90 Å². The third-order valence-corrected chi connectivity index (χ3v) is 4.64. The Kier molecular flexibility index (Phi) is 4.48. The van der Waals surface area contributed by atoms with E-state index in [0.717, 1.165) is 12.3 Å². The molecule has 1 aliphatic heterocycles. The van der Waals surface area contributed by atoms with E-state index in [1.165, 1.54) is 32.1 Å². The lowest BCUT2D eigenvalue weighted by atomic mass is 9.86. The van der Waals surface area contributed by atoms with Crippen LogP contribution in [-0.2, 0) is 9.59 Å². The zero-order chi connectivity index (χ0) is 13.9. The minimum Gasteiger partial charge on any atom is -0.352 e. The molecule has 1 saturated carbocycles. The van der Waals surface area contributed by atoms with E-state index in [0.29, 0.717) is 19.5 Å². The van der Waals surface area contributed by atoms with Gasteiger partial charge in [0.15, 0.2) is 0 Å². The standard InChI is InChI=1S/C15H26N2O2/c1-15(2)14(19)16-10-11-17(15)13(18)9-8-12-6-4-3-5-7-12/h12H,3-11H2,1-2H3,(H,16,19). The average Bonchev–Trinajstić information content (AvgIpc) is 2.40. The molecule has 2 amide bonds. The summed E-state index contributed by atoms with van der Waals surface area (Å²) < 4.78 is 0. The first-order valence-corrected chi connectivity index (χ1v) is 7.60. The lowest BCUT2D eigenvalue weighted by Crippen LogP contribution is -2.63. The second-order valence-electron chi connectivity index (χ2n) is 6.40. The van der Waals surface area contributed by atoms with Gasteiger partial charge in [0.2, 0.25) is 11.8 Å². The molecular formula is C15H26N2O2. The van der Waals surface area contributed by atoms with Gasteiger partial charge < -0.3 is 10.2 Å². The number of piperazine rings is 1. The maximum absolute atomic E-state index is 12.3. The minimum absolute atomic E-state index is 0.0373. The van der Waals surface area contributed by atoms with Crippen LogP contribution in [0.2, 0.25) is 0 Å². The van der Waals surface area contributed by atoms with Crippen LogP contribution >= 0.6 is 0 Å². The quantitative estimate of drug-likeness (QED) is 0.850. The maximum Gasteiger partial charge on any atom is 0.245 e. The molecule has 108 valence electrons. The topological polar surface area (TPSA) is 49.4 Å². The summed E-state index contributed by atoms with van der Waals surface area (Å²) in [5.41, 5.74) is -0.693. The molecule has 0 radical (unpaired) electrons. The highest BCUT2D eigenvalue weighted by Crippen LogP contribution is 2.28. The van der Waals surface area contributed by atoms with Crippen LogP contribution in [-0.4, -0.2) is 35.3 Å². The summed E-state index contributed by atoms with van der Waals surface area (Å²) in [5, 5.41) is 2.83. The number of carbonyl (C=O) groups excluding carboxylic acids is 2. The highest BCUT2D eigenvalue weighted by Gasteiger charge is 2.40. The van der Waals surface area contributed by atoms with Gasteiger partial charge >= 0.3 is 0 Å². The van der Waals surface area contributed by atoms with Gasteiger partial charge in [-0.2, -0.15) is 0 Å². The van der Waals surface area contributed by atoms with Crippen LogP contribution in [0, 0.1) is 5.92 Å². The van der Waals surface area contributed by atoms with Crippen LogP contribution in [0.1, 0.15) is 58.8 Å². The molecule has 1 saturated heterocycles. The van der Waals surface area contributed by atoms with Crippen molar-refractivity contribution in [2.24, 2.45) is 5.92 Å². The molecule has 0 spiro atoms. The molecule has 0 aromatic carbocycles. The molecule has 0 bridgehead atoms. The van der Waals surface area contributed by atoms with Crippen molar-refractivity contribution in [1.29, 1.82) is 0 Å². The highest BCUT2D eigenvalue weighted by molar-refractivity contribution is 5.91. The van der Waals surface area contributed by atoms with Crippen molar-refractivity contribution in [3.05, 3.63) is 0 Å². The van der Waals surface area contributed by atoms with Crippen molar-refractivity contribution < 1.29 is 9.59 Å². The third kappa shape index (κ3) is 3.28. The highest BCUT2D eigenvalue weighted by atomic mass is 16.2. The summed E-state index contributed by atoms with van der Waals surface area (Å²) in [7, 11) is 0. The Hall–Kier alpha value is -1.06. The molecule has 2 aliphatic rings. The molecule has 4 nitrogen and oxygen atoms in total. The van der Waals surface area contributed by atoms with Crippen molar-refractivity contribution in [3.8, 4) is 0 Å². The molecule has 2 rings (SSSR count). The first-order valence-electron chi connectivity index (χ1n) is 7.60. The van der Waals surface area contributed by atoms with E-state index < -0.39 is 5.54 Å². The van der Waals surface area contributed by atoms with E-state index >= 15 is 0 Å². The Bertz CT molecular complexity index is 346. The van der Waals surface area contributed by atoms with Gasteiger partial charge in [0.05, 0.1) is 0 Å². The zero-order valence-corrected chi connectivity index (χ0v) is 12.2. The monoisotopic (exact) mass is 266 g/mol. The molecule has 0 aromatic rings. The Labute approximate surface area is 115 Å². The van der Waals surface area contributed by atoms with Crippen LogP contribution in [0.15, 0.2) is 0 Å². The van der Waals surface area contributed by atoms with Crippen LogP contribution in [0.25, 0.3) is 0 Å². The van der Waals surface area contributed by atoms with Gasteiger partial charge in [0.1, 0.15) is 5.54 Å². The van der Waals surface area contributed by atoms with Crippen LogP contribution < -0.4 is 5.32 Å². The number of carbonyl (C=O) groups is 2. The van der Waals surface area contributed by atoms with E-state index in [4.69, 9.17) is 0 Å². The molecule has 1 heterocycles.